The van der Waals surface area contributed by atoms with E-state index in [1.807, 2.05) is 25.1 Å². The molecule has 0 unspecified atom stereocenters. The third kappa shape index (κ3) is 8.24. The lowest BCUT2D eigenvalue weighted by molar-refractivity contribution is 0.122. The van der Waals surface area contributed by atoms with Crippen LogP contribution in [0.25, 0.3) is 28.0 Å². The first-order valence-electron chi connectivity index (χ1n) is 15.7. The van der Waals surface area contributed by atoms with Crippen molar-refractivity contribution >= 4 is 34.3 Å². The topological polar surface area (TPSA) is 163 Å². The van der Waals surface area contributed by atoms with Crippen LogP contribution in [0.3, 0.4) is 0 Å². The summed E-state index contributed by atoms with van der Waals surface area (Å²) >= 11 is 6.29. The van der Waals surface area contributed by atoms with Gasteiger partial charge in [0.15, 0.2) is 11.8 Å². The first-order valence-corrected chi connectivity index (χ1v) is 16.1. The lowest BCUT2D eigenvalue weighted by Crippen LogP contribution is -2.38. The second-order valence-corrected chi connectivity index (χ2v) is 12.4. The molecule has 2 aromatic heterocycles. The number of morpholine rings is 1. The van der Waals surface area contributed by atoms with Crippen LogP contribution in [0.5, 0.6) is 0 Å². The molecule has 246 valence electrons. The van der Waals surface area contributed by atoms with Crippen molar-refractivity contribution in [2.75, 3.05) is 37.7 Å². The Hall–Kier alpha value is -3.97. The molecule has 1 aliphatic rings. The summed E-state index contributed by atoms with van der Waals surface area (Å²) in [5.74, 6) is -0.561. The first kappa shape index (κ1) is 33.4. The molecule has 2 aromatic carbocycles. The molecular formula is C33H43ClFN9O2. The zero-order chi connectivity index (χ0) is 32.8. The van der Waals surface area contributed by atoms with E-state index < -0.39 is 11.5 Å². The molecule has 0 aliphatic carbocycles. The summed E-state index contributed by atoms with van der Waals surface area (Å²) < 4.78 is 22.4. The average molecular weight is 652 g/mol. The van der Waals surface area contributed by atoms with E-state index in [4.69, 9.17) is 33.2 Å². The molecule has 11 nitrogen and oxygen atoms in total. The van der Waals surface area contributed by atoms with E-state index >= 15 is 4.39 Å². The van der Waals surface area contributed by atoms with Gasteiger partial charge in [0.2, 0.25) is 0 Å². The molecule has 2 atom stereocenters. The molecule has 3 heterocycles. The molecule has 0 bridgehead atoms. The smallest absolute Gasteiger partial charge is 0.354 e. The predicted octanol–water partition coefficient (Wildman–Crippen LogP) is 4.03. The minimum Gasteiger partial charge on any atom is -0.378 e. The van der Waals surface area contributed by atoms with Gasteiger partial charge < -0.3 is 36.7 Å². The van der Waals surface area contributed by atoms with Gasteiger partial charge in [0.05, 0.1) is 29.6 Å². The van der Waals surface area contributed by atoms with Crippen LogP contribution in [0.15, 0.2) is 47.4 Å². The van der Waals surface area contributed by atoms with Crippen molar-refractivity contribution in [2.45, 2.75) is 58.2 Å². The van der Waals surface area contributed by atoms with Crippen LogP contribution in [0.2, 0.25) is 5.02 Å². The van der Waals surface area contributed by atoms with Gasteiger partial charge in [0.1, 0.15) is 5.65 Å². The maximum Gasteiger partial charge on any atom is 0.354 e. The molecule has 8 N–H and O–H groups in total. The quantitative estimate of drug-likeness (QED) is 0.0932. The average Bonchev–Trinajstić information content (AvgIpc) is 3.43. The highest BCUT2D eigenvalue weighted by molar-refractivity contribution is 6.31. The van der Waals surface area contributed by atoms with E-state index in [2.05, 4.69) is 32.4 Å². The number of aromatic amines is 1. The van der Waals surface area contributed by atoms with Gasteiger partial charge in [-0.05, 0) is 81.0 Å². The summed E-state index contributed by atoms with van der Waals surface area (Å²) in [4.78, 5) is 23.0. The number of rotatable bonds is 13. The molecule has 5 rings (SSSR count). The molecule has 1 aliphatic heterocycles. The van der Waals surface area contributed by atoms with Crippen LogP contribution < -0.4 is 32.7 Å². The van der Waals surface area contributed by atoms with Crippen LogP contribution in [0.4, 0.5) is 10.1 Å². The Morgan fingerprint density at radius 1 is 1.20 bits per heavy atom. The first-order chi connectivity index (χ1) is 22.1. The van der Waals surface area contributed by atoms with E-state index in [0.29, 0.717) is 54.3 Å². The zero-order valence-electron chi connectivity index (χ0n) is 26.3. The number of fused-ring (bicyclic) bond motifs is 1. The number of benzene rings is 2. The number of halogens is 2. The highest BCUT2D eigenvalue weighted by Gasteiger charge is 2.19. The largest absolute Gasteiger partial charge is 0.378 e. The minimum absolute atomic E-state index is 0.0364. The lowest BCUT2D eigenvalue weighted by atomic mass is 10.0. The number of ether oxygens (including phenoxy) is 1. The molecule has 4 aromatic rings. The van der Waals surface area contributed by atoms with Crippen molar-refractivity contribution < 1.29 is 9.13 Å². The third-order valence-corrected chi connectivity index (χ3v) is 8.52. The van der Waals surface area contributed by atoms with E-state index in [-0.39, 0.29) is 23.1 Å². The monoisotopic (exact) mass is 651 g/mol. The van der Waals surface area contributed by atoms with Gasteiger partial charge in [0.25, 0.3) is 0 Å². The molecule has 0 spiro atoms. The summed E-state index contributed by atoms with van der Waals surface area (Å²) in [6.07, 6.45) is 4.99. The number of nitrogens with zero attached hydrogens (tertiary/aromatic N) is 3. The highest BCUT2D eigenvalue weighted by Crippen LogP contribution is 2.32. The van der Waals surface area contributed by atoms with Crippen LogP contribution in [-0.2, 0) is 17.7 Å². The van der Waals surface area contributed by atoms with Crippen LogP contribution >= 0.6 is 11.6 Å². The van der Waals surface area contributed by atoms with Gasteiger partial charge in [-0.3, -0.25) is 9.98 Å². The SMILES string of the molecule is C[C@H](N)CCCc1cc(Cl)c(F)c(-c2cc3cn(-c4ccc(CN[C@@H](C)CCNC(=N)N)c(N5CCOCC5)c4)c(=O)nc3[nH]2)c1. The van der Waals surface area contributed by atoms with Gasteiger partial charge in [-0.25, -0.2) is 9.18 Å². The standard InChI is InChI=1S/C33H43ClFN9O2/c1-20(36)4-3-5-22-14-26(30(35)27(34)15-22)28-16-24-19-44(33(45)42-31(24)41-28)25-7-6-23(18-40-21(2)8-9-39-32(37)38)29(17-25)43-10-12-46-13-11-43/h6-7,14-17,19-21,40H,3-5,8-13,18,36H2,1-2H3,(H4,37,38,39)(H,41,42,45)/t20-,21-/m0/s1. The number of H-pyrrole nitrogens is 1. The fourth-order valence-corrected chi connectivity index (χ4v) is 5.94. The number of nitrogens with one attached hydrogen (secondary N) is 4. The highest BCUT2D eigenvalue weighted by atomic mass is 35.5. The van der Waals surface area contributed by atoms with Crippen molar-refractivity contribution in [3.05, 3.63) is 75.0 Å². The van der Waals surface area contributed by atoms with Crippen molar-refractivity contribution in [1.82, 2.24) is 25.2 Å². The van der Waals surface area contributed by atoms with Crippen molar-refractivity contribution in [1.29, 1.82) is 5.41 Å². The van der Waals surface area contributed by atoms with Crippen molar-refractivity contribution in [2.24, 2.45) is 11.5 Å². The van der Waals surface area contributed by atoms with Gasteiger partial charge >= 0.3 is 5.69 Å². The van der Waals surface area contributed by atoms with Crippen LogP contribution in [-0.4, -0.2) is 65.4 Å². The molecule has 0 saturated carbocycles. The maximum absolute atomic E-state index is 15.2. The van der Waals surface area contributed by atoms with E-state index in [0.717, 1.165) is 55.6 Å². The number of aromatic nitrogens is 3. The number of hydrogen-bond donors (Lipinski definition) is 6. The van der Waals surface area contributed by atoms with Crippen molar-refractivity contribution in [3.63, 3.8) is 0 Å². The van der Waals surface area contributed by atoms with Gasteiger partial charge in [-0.2, -0.15) is 4.98 Å². The maximum atomic E-state index is 15.2. The number of nitrogens with two attached hydrogens (primary N) is 2. The second kappa shape index (κ2) is 15.1. The molecule has 0 radical (unpaired) electrons. The van der Waals surface area contributed by atoms with Crippen LogP contribution in [0, 0.1) is 11.2 Å². The van der Waals surface area contributed by atoms with E-state index in [1.54, 1.807) is 24.4 Å². The Bertz CT molecular complexity index is 1730. The fraction of sp³-hybridized carbons (Fsp3) is 0.424. The zero-order valence-corrected chi connectivity index (χ0v) is 27.1. The summed E-state index contributed by atoms with van der Waals surface area (Å²) in [5.41, 5.74) is 15.7. The van der Waals surface area contributed by atoms with Gasteiger partial charge in [-0.15, -0.1) is 0 Å². The molecular weight excluding hydrogens is 609 g/mol. The van der Waals surface area contributed by atoms with E-state index in [9.17, 15) is 4.79 Å². The Labute approximate surface area is 273 Å². The number of hydrogen-bond acceptors (Lipinski definition) is 7. The molecule has 46 heavy (non-hydrogen) atoms. The Kier molecular flexibility index (Phi) is 10.9. The summed E-state index contributed by atoms with van der Waals surface area (Å²) in [6, 6.07) is 11.5. The molecule has 1 saturated heterocycles. The minimum atomic E-state index is -0.525. The van der Waals surface area contributed by atoms with E-state index in [1.165, 1.54) is 4.57 Å². The second-order valence-electron chi connectivity index (χ2n) is 12.0. The molecule has 13 heteroatoms. The molecule has 0 amide bonds. The fourth-order valence-electron chi connectivity index (χ4n) is 5.70. The van der Waals surface area contributed by atoms with Crippen LogP contribution in [0.1, 0.15) is 44.2 Å². The Morgan fingerprint density at radius 2 is 1.98 bits per heavy atom. The number of aryl methyl sites for hydroxylation is 1. The van der Waals surface area contributed by atoms with Gasteiger partial charge in [-0.1, -0.05) is 17.7 Å². The normalized spacial score (nSPS) is 14.8. The number of guanidine groups is 1. The summed E-state index contributed by atoms with van der Waals surface area (Å²) in [5, 5.41) is 14.4. The Morgan fingerprint density at radius 3 is 2.72 bits per heavy atom. The Balaban J connectivity index is 1.43. The summed E-state index contributed by atoms with van der Waals surface area (Å²) in [7, 11) is 0. The number of anilines is 1. The van der Waals surface area contributed by atoms with Gasteiger partial charge in [0, 0.05) is 61.1 Å². The van der Waals surface area contributed by atoms with Crippen molar-refractivity contribution in [3.8, 4) is 16.9 Å². The molecule has 1 fully saturated rings. The third-order valence-electron chi connectivity index (χ3n) is 8.24. The predicted molar refractivity (Wildman–Crippen MR) is 183 cm³/mol. The lowest BCUT2D eigenvalue weighted by Gasteiger charge is -2.31. The summed E-state index contributed by atoms with van der Waals surface area (Å²) in [6.45, 7) is 8.01.